The number of hydrogen-bond donors (Lipinski definition) is 2. The highest BCUT2D eigenvalue weighted by atomic mass is 127. The number of rotatable bonds is 6. The molecule has 0 radical (unpaired) electrons. The van der Waals surface area contributed by atoms with Crippen molar-refractivity contribution in [3.8, 4) is 5.82 Å². The zero-order valence-corrected chi connectivity index (χ0v) is 15.8. The van der Waals surface area contributed by atoms with E-state index in [1.54, 1.807) is 4.68 Å². The van der Waals surface area contributed by atoms with E-state index in [0.29, 0.717) is 30.3 Å². The van der Waals surface area contributed by atoms with E-state index in [-0.39, 0.29) is 5.91 Å². The fourth-order valence-electron chi connectivity index (χ4n) is 2.18. The second kappa shape index (κ2) is 8.06. The molecular formula is C17H17IN6O. The van der Waals surface area contributed by atoms with Gasteiger partial charge in [0, 0.05) is 34.5 Å². The van der Waals surface area contributed by atoms with E-state index in [9.17, 15) is 4.79 Å². The summed E-state index contributed by atoms with van der Waals surface area (Å²) < 4.78 is 2.79. The van der Waals surface area contributed by atoms with Gasteiger partial charge in [0.15, 0.2) is 5.82 Å². The lowest BCUT2D eigenvalue weighted by Crippen LogP contribution is -2.28. The molecule has 8 heteroatoms. The molecule has 25 heavy (non-hydrogen) atoms. The second-order valence-corrected chi connectivity index (χ2v) is 6.60. The monoisotopic (exact) mass is 448 g/mol. The van der Waals surface area contributed by atoms with E-state index in [1.807, 2.05) is 49.5 Å². The summed E-state index contributed by atoms with van der Waals surface area (Å²) in [5, 5.41) is 10.4. The van der Waals surface area contributed by atoms with Crippen molar-refractivity contribution in [3.63, 3.8) is 0 Å². The molecule has 1 aromatic carbocycles. The summed E-state index contributed by atoms with van der Waals surface area (Å²) in [6.45, 7) is 2.98. The number of amides is 1. The number of halogens is 1. The molecule has 3 rings (SSSR count). The number of carbonyl (C=O) groups excluding carboxylic acids is 1. The van der Waals surface area contributed by atoms with E-state index < -0.39 is 0 Å². The third kappa shape index (κ3) is 4.75. The smallest absolute Gasteiger partial charge is 0.251 e. The highest BCUT2D eigenvalue weighted by Crippen LogP contribution is 2.09. The third-order valence-corrected chi connectivity index (χ3v) is 4.15. The Kier molecular flexibility index (Phi) is 5.59. The average Bonchev–Trinajstić information content (AvgIpc) is 3.06. The molecule has 0 atom stereocenters. The van der Waals surface area contributed by atoms with Gasteiger partial charge in [0.05, 0.1) is 5.69 Å². The van der Waals surface area contributed by atoms with Crippen molar-refractivity contribution in [2.24, 2.45) is 0 Å². The van der Waals surface area contributed by atoms with Gasteiger partial charge < -0.3 is 10.6 Å². The third-order valence-electron chi connectivity index (χ3n) is 3.43. The van der Waals surface area contributed by atoms with Gasteiger partial charge in [-0.25, -0.2) is 14.6 Å². The number of aromatic nitrogens is 4. The van der Waals surface area contributed by atoms with Gasteiger partial charge in [0.1, 0.15) is 12.1 Å². The molecule has 0 aliphatic heterocycles. The molecule has 0 saturated carbocycles. The predicted molar refractivity (Wildman–Crippen MR) is 104 cm³/mol. The number of aryl methyl sites for hydroxylation is 1. The Labute approximate surface area is 159 Å². The Bertz CT molecular complexity index is 862. The molecule has 0 aliphatic rings. The summed E-state index contributed by atoms with van der Waals surface area (Å²) >= 11 is 2.21. The van der Waals surface area contributed by atoms with Crippen molar-refractivity contribution in [3.05, 3.63) is 63.7 Å². The maximum absolute atomic E-state index is 12.0. The SMILES string of the molecule is Cc1ccn(-c2cc(NCCNC(=O)c3ccc(I)cc3)ncn2)n1. The Balaban J connectivity index is 1.50. The van der Waals surface area contributed by atoms with Gasteiger partial charge in [-0.15, -0.1) is 0 Å². The van der Waals surface area contributed by atoms with Gasteiger partial charge in [-0.3, -0.25) is 4.79 Å². The van der Waals surface area contributed by atoms with Crippen LogP contribution >= 0.6 is 22.6 Å². The summed E-state index contributed by atoms with van der Waals surface area (Å²) in [6.07, 6.45) is 3.33. The first kappa shape index (κ1) is 17.3. The maximum Gasteiger partial charge on any atom is 0.251 e. The Morgan fingerprint density at radius 2 is 1.96 bits per heavy atom. The minimum absolute atomic E-state index is 0.0893. The van der Waals surface area contributed by atoms with Crippen molar-refractivity contribution in [1.29, 1.82) is 0 Å². The van der Waals surface area contributed by atoms with Crippen LogP contribution in [-0.4, -0.2) is 38.7 Å². The van der Waals surface area contributed by atoms with E-state index >= 15 is 0 Å². The molecule has 3 aromatic rings. The second-order valence-electron chi connectivity index (χ2n) is 5.35. The number of nitrogens with one attached hydrogen (secondary N) is 2. The lowest BCUT2D eigenvalue weighted by molar-refractivity contribution is 0.0955. The number of hydrogen-bond acceptors (Lipinski definition) is 5. The molecule has 0 saturated heterocycles. The van der Waals surface area contributed by atoms with Crippen LogP contribution in [0.1, 0.15) is 16.1 Å². The first-order chi connectivity index (χ1) is 12.1. The zero-order chi connectivity index (χ0) is 17.6. The van der Waals surface area contributed by atoms with Gasteiger partial charge in [0.25, 0.3) is 5.91 Å². The van der Waals surface area contributed by atoms with Crippen LogP contribution in [0.4, 0.5) is 5.82 Å². The summed E-state index contributed by atoms with van der Waals surface area (Å²) in [5.74, 6) is 1.28. The molecule has 7 nitrogen and oxygen atoms in total. The van der Waals surface area contributed by atoms with Crippen molar-refractivity contribution in [2.45, 2.75) is 6.92 Å². The highest BCUT2D eigenvalue weighted by molar-refractivity contribution is 14.1. The van der Waals surface area contributed by atoms with Crippen LogP contribution < -0.4 is 10.6 Å². The Morgan fingerprint density at radius 1 is 1.16 bits per heavy atom. The van der Waals surface area contributed by atoms with Crippen molar-refractivity contribution in [1.82, 2.24) is 25.1 Å². The van der Waals surface area contributed by atoms with Crippen LogP contribution in [0.2, 0.25) is 0 Å². The van der Waals surface area contributed by atoms with E-state index in [1.165, 1.54) is 6.33 Å². The standard InChI is InChI=1S/C17H17IN6O/c1-12-6-9-24(23-12)16-10-15(21-11-22-16)19-7-8-20-17(25)13-2-4-14(18)5-3-13/h2-6,9-11H,7-8H2,1H3,(H,20,25)(H,19,21,22). The molecule has 128 valence electrons. The van der Waals surface area contributed by atoms with Crippen LogP contribution in [0.25, 0.3) is 5.82 Å². The lowest BCUT2D eigenvalue weighted by atomic mass is 10.2. The minimum atomic E-state index is -0.0893. The summed E-state index contributed by atoms with van der Waals surface area (Å²) in [6, 6.07) is 11.2. The molecule has 1 amide bonds. The topological polar surface area (TPSA) is 84.7 Å². The van der Waals surface area contributed by atoms with E-state index in [0.717, 1.165) is 9.26 Å². The van der Waals surface area contributed by atoms with E-state index in [4.69, 9.17) is 0 Å². The van der Waals surface area contributed by atoms with Crippen molar-refractivity contribution < 1.29 is 4.79 Å². The molecule has 0 unspecified atom stereocenters. The molecule has 0 aliphatic carbocycles. The van der Waals surface area contributed by atoms with Gasteiger partial charge in [-0.05, 0) is 59.8 Å². The predicted octanol–water partition coefficient (Wildman–Crippen LogP) is 2.42. The molecule has 2 heterocycles. The summed E-state index contributed by atoms with van der Waals surface area (Å²) in [7, 11) is 0. The molecular weight excluding hydrogens is 431 g/mol. The molecule has 2 aromatic heterocycles. The number of nitrogens with zero attached hydrogens (tertiary/aromatic N) is 4. The normalized spacial score (nSPS) is 10.5. The quantitative estimate of drug-likeness (QED) is 0.447. The van der Waals surface area contributed by atoms with Crippen LogP contribution in [0, 0.1) is 10.5 Å². The molecule has 0 fully saturated rings. The van der Waals surface area contributed by atoms with Crippen molar-refractivity contribution >= 4 is 34.3 Å². The highest BCUT2D eigenvalue weighted by Gasteiger charge is 2.05. The maximum atomic E-state index is 12.0. The minimum Gasteiger partial charge on any atom is -0.368 e. The van der Waals surface area contributed by atoms with E-state index in [2.05, 4.69) is 48.3 Å². The van der Waals surface area contributed by atoms with Crippen LogP contribution in [0.5, 0.6) is 0 Å². The largest absolute Gasteiger partial charge is 0.368 e. The first-order valence-electron chi connectivity index (χ1n) is 7.74. The summed E-state index contributed by atoms with van der Waals surface area (Å²) in [5.41, 5.74) is 1.57. The lowest BCUT2D eigenvalue weighted by Gasteiger charge is -2.08. The zero-order valence-electron chi connectivity index (χ0n) is 13.6. The van der Waals surface area contributed by atoms with Gasteiger partial charge in [-0.2, -0.15) is 5.10 Å². The fourth-order valence-corrected chi connectivity index (χ4v) is 2.54. The first-order valence-corrected chi connectivity index (χ1v) is 8.82. The summed E-state index contributed by atoms with van der Waals surface area (Å²) in [4.78, 5) is 20.4. The molecule has 2 N–H and O–H groups in total. The Morgan fingerprint density at radius 3 is 2.68 bits per heavy atom. The molecule has 0 bridgehead atoms. The van der Waals surface area contributed by atoms with Gasteiger partial charge in [-0.1, -0.05) is 0 Å². The number of carbonyl (C=O) groups is 1. The molecule has 0 spiro atoms. The van der Waals surface area contributed by atoms with Gasteiger partial charge in [0.2, 0.25) is 0 Å². The van der Waals surface area contributed by atoms with Gasteiger partial charge >= 0.3 is 0 Å². The van der Waals surface area contributed by atoms with Crippen LogP contribution in [-0.2, 0) is 0 Å². The van der Waals surface area contributed by atoms with Crippen LogP contribution in [0.3, 0.4) is 0 Å². The van der Waals surface area contributed by atoms with Crippen molar-refractivity contribution in [2.75, 3.05) is 18.4 Å². The average molecular weight is 448 g/mol. The fraction of sp³-hybridized carbons (Fsp3) is 0.176. The number of benzene rings is 1. The number of anilines is 1. The Hall–Kier alpha value is -2.49. The van der Waals surface area contributed by atoms with Crippen LogP contribution in [0.15, 0.2) is 48.9 Å².